The SMILES string of the molecule is COC(=O)C1Cc2c([nH]c3ccccc23)[C@H](c2ccc(Cl)cc2)N1C(=O)c1cc2cc(Br)ccc2o1. The standard InChI is InChI=1S/C28H20BrClN2O4/c1-35-28(34)22-14-20-19-4-2-3-5-21(19)31-25(20)26(15-6-9-18(30)10-7-15)32(22)27(33)24-13-16-12-17(29)8-11-23(16)36-24/h2-13,22,26,31H,14H2,1H3/t22?,26-/m0/s1. The van der Waals surface area contributed by atoms with Gasteiger partial charge >= 0.3 is 5.97 Å². The molecule has 3 aromatic carbocycles. The third-order valence-electron chi connectivity index (χ3n) is 6.71. The van der Waals surface area contributed by atoms with Gasteiger partial charge in [0.2, 0.25) is 0 Å². The Hall–Kier alpha value is -3.55. The number of carbonyl (C=O) groups is 2. The Morgan fingerprint density at radius 2 is 1.86 bits per heavy atom. The highest BCUT2D eigenvalue weighted by molar-refractivity contribution is 9.10. The average molecular weight is 564 g/mol. The molecule has 8 heteroatoms. The Bertz CT molecular complexity index is 1640. The van der Waals surface area contributed by atoms with Gasteiger partial charge in [-0.3, -0.25) is 4.79 Å². The number of esters is 1. The largest absolute Gasteiger partial charge is 0.467 e. The minimum Gasteiger partial charge on any atom is -0.467 e. The van der Waals surface area contributed by atoms with Crippen LogP contribution in [0.4, 0.5) is 0 Å². The van der Waals surface area contributed by atoms with Crippen LogP contribution in [-0.2, 0) is 16.0 Å². The van der Waals surface area contributed by atoms with Gasteiger partial charge in [-0.25, -0.2) is 4.79 Å². The molecule has 0 aliphatic carbocycles. The van der Waals surface area contributed by atoms with Crippen molar-refractivity contribution in [2.24, 2.45) is 0 Å². The topological polar surface area (TPSA) is 75.5 Å². The van der Waals surface area contributed by atoms with Crippen LogP contribution in [0.3, 0.4) is 0 Å². The predicted molar refractivity (Wildman–Crippen MR) is 141 cm³/mol. The molecule has 2 aromatic heterocycles. The molecule has 0 bridgehead atoms. The van der Waals surface area contributed by atoms with Gasteiger partial charge in [0, 0.05) is 37.9 Å². The minimum absolute atomic E-state index is 0.149. The number of furan rings is 1. The third-order valence-corrected chi connectivity index (χ3v) is 7.46. The summed E-state index contributed by atoms with van der Waals surface area (Å²) in [6.45, 7) is 0. The normalized spacial score (nSPS) is 17.4. The monoisotopic (exact) mass is 562 g/mol. The van der Waals surface area contributed by atoms with Crippen molar-refractivity contribution in [2.45, 2.75) is 18.5 Å². The van der Waals surface area contributed by atoms with E-state index < -0.39 is 24.0 Å². The number of carbonyl (C=O) groups excluding carboxylic acids is 2. The van der Waals surface area contributed by atoms with Gasteiger partial charge in [0.25, 0.3) is 5.91 Å². The highest BCUT2D eigenvalue weighted by atomic mass is 79.9. The molecule has 0 spiro atoms. The number of nitrogens with one attached hydrogen (secondary N) is 1. The lowest BCUT2D eigenvalue weighted by atomic mass is 9.87. The predicted octanol–water partition coefficient (Wildman–Crippen LogP) is 6.66. The molecule has 5 aromatic rings. The molecule has 0 saturated heterocycles. The van der Waals surface area contributed by atoms with Crippen molar-refractivity contribution in [2.75, 3.05) is 7.11 Å². The zero-order valence-corrected chi connectivity index (χ0v) is 21.5. The second-order valence-corrected chi connectivity index (χ2v) is 10.1. The summed E-state index contributed by atoms with van der Waals surface area (Å²) in [7, 11) is 1.34. The first-order valence-electron chi connectivity index (χ1n) is 11.4. The number of nitrogens with zero attached hydrogens (tertiary/aromatic N) is 1. The van der Waals surface area contributed by atoms with Crippen LogP contribution in [0.25, 0.3) is 21.9 Å². The van der Waals surface area contributed by atoms with Crippen LogP contribution < -0.4 is 0 Å². The van der Waals surface area contributed by atoms with Crippen molar-refractivity contribution < 1.29 is 18.7 Å². The van der Waals surface area contributed by atoms with Gasteiger partial charge in [0.1, 0.15) is 11.6 Å². The van der Waals surface area contributed by atoms with E-state index in [1.54, 1.807) is 29.2 Å². The van der Waals surface area contributed by atoms with E-state index in [1.807, 2.05) is 48.5 Å². The first kappa shape index (κ1) is 22.9. The molecule has 0 fully saturated rings. The van der Waals surface area contributed by atoms with Crippen molar-refractivity contribution >= 4 is 61.3 Å². The number of para-hydroxylation sites is 1. The van der Waals surface area contributed by atoms with Gasteiger partial charge in [-0.1, -0.05) is 57.9 Å². The summed E-state index contributed by atoms with van der Waals surface area (Å²) in [6.07, 6.45) is 0.313. The summed E-state index contributed by atoms with van der Waals surface area (Å²) >= 11 is 9.65. The molecule has 6 nitrogen and oxygen atoms in total. The first-order chi connectivity index (χ1) is 17.4. The Morgan fingerprint density at radius 3 is 2.64 bits per heavy atom. The maximum absolute atomic E-state index is 14.1. The van der Waals surface area contributed by atoms with E-state index in [2.05, 4.69) is 20.9 Å². The summed E-state index contributed by atoms with van der Waals surface area (Å²) < 4.78 is 12.0. The maximum Gasteiger partial charge on any atom is 0.328 e. The molecule has 0 radical (unpaired) electrons. The summed E-state index contributed by atoms with van der Waals surface area (Å²) in [4.78, 5) is 32.4. The van der Waals surface area contributed by atoms with E-state index in [-0.39, 0.29) is 5.76 Å². The first-order valence-corrected chi connectivity index (χ1v) is 12.6. The van der Waals surface area contributed by atoms with Crippen molar-refractivity contribution in [1.82, 2.24) is 9.88 Å². The molecule has 1 aliphatic rings. The highest BCUT2D eigenvalue weighted by Gasteiger charge is 2.45. The van der Waals surface area contributed by atoms with Crippen LogP contribution in [0.1, 0.15) is 33.4 Å². The maximum atomic E-state index is 14.1. The number of fused-ring (bicyclic) bond motifs is 4. The number of hydrogen-bond donors (Lipinski definition) is 1. The molecule has 1 aliphatic heterocycles. The minimum atomic E-state index is -0.852. The number of amides is 1. The molecule has 0 saturated carbocycles. The lowest BCUT2D eigenvalue weighted by Crippen LogP contribution is -2.51. The Balaban J connectivity index is 1.57. The van der Waals surface area contributed by atoms with Crippen molar-refractivity contribution in [3.8, 4) is 0 Å². The Morgan fingerprint density at radius 1 is 1.08 bits per heavy atom. The van der Waals surface area contributed by atoms with Gasteiger partial charge in [-0.2, -0.15) is 0 Å². The fraction of sp³-hybridized carbons (Fsp3) is 0.143. The number of H-pyrrole nitrogens is 1. The van der Waals surface area contributed by atoms with Crippen LogP contribution in [-0.4, -0.2) is 34.9 Å². The second kappa shape index (κ2) is 8.84. The second-order valence-electron chi connectivity index (χ2n) is 8.77. The van der Waals surface area contributed by atoms with Gasteiger partial charge in [0.15, 0.2) is 5.76 Å². The summed E-state index contributed by atoms with van der Waals surface area (Å²) in [5.41, 5.74) is 4.17. The fourth-order valence-electron chi connectivity index (χ4n) is 5.10. The van der Waals surface area contributed by atoms with E-state index in [4.69, 9.17) is 20.8 Å². The Kier molecular flexibility index (Phi) is 5.62. The number of aromatic amines is 1. The zero-order valence-electron chi connectivity index (χ0n) is 19.1. The van der Waals surface area contributed by atoms with E-state index in [9.17, 15) is 9.59 Å². The lowest BCUT2D eigenvalue weighted by molar-refractivity contribution is -0.147. The zero-order chi connectivity index (χ0) is 25.0. The molecule has 1 amide bonds. The molecule has 180 valence electrons. The van der Waals surface area contributed by atoms with Gasteiger partial charge in [-0.05, 0) is 53.6 Å². The fourth-order valence-corrected chi connectivity index (χ4v) is 5.60. The van der Waals surface area contributed by atoms with Crippen LogP contribution in [0.2, 0.25) is 5.02 Å². The van der Waals surface area contributed by atoms with E-state index in [0.29, 0.717) is 17.0 Å². The molecular weight excluding hydrogens is 544 g/mol. The average Bonchev–Trinajstić information content (AvgIpc) is 3.48. The molecule has 1 N–H and O–H groups in total. The number of aromatic nitrogens is 1. The van der Waals surface area contributed by atoms with Crippen molar-refractivity contribution in [3.05, 3.63) is 105 Å². The van der Waals surface area contributed by atoms with Gasteiger partial charge in [0.05, 0.1) is 13.2 Å². The van der Waals surface area contributed by atoms with E-state index in [1.165, 1.54) is 7.11 Å². The van der Waals surface area contributed by atoms with Crippen molar-refractivity contribution in [3.63, 3.8) is 0 Å². The molecule has 1 unspecified atom stereocenters. The number of hydrogen-bond acceptors (Lipinski definition) is 4. The summed E-state index contributed by atoms with van der Waals surface area (Å²) in [6, 6.07) is 21.0. The summed E-state index contributed by atoms with van der Waals surface area (Å²) in [5.74, 6) is -0.741. The number of rotatable bonds is 3. The highest BCUT2D eigenvalue weighted by Crippen LogP contribution is 2.42. The number of halogens is 2. The molecule has 36 heavy (non-hydrogen) atoms. The van der Waals surface area contributed by atoms with Crippen LogP contribution >= 0.6 is 27.5 Å². The van der Waals surface area contributed by atoms with Crippen LogP contribution in [0.15, 0.2) is 81.7 Å². The Labute approximate surface area is 219 Å². The molecular formula is C28H20BrClN2O4. The number of benzene rings is 3. The van der Waals surface area contributed by atoms with E-state index >= 15 is 0 Å². The quantitative estimate of drug-likeness (QED) is 0.249. The van der Waals surface area contributed by atoms with Crippen molar-refractivity contribution in [1.29, 1.82) is 0 Å². The smallest absolute Gasteiger partial charge is 0.328 e. The number of ether oxygens (including phenoxy) is 1. The molecule has 3 heterocycles. The lowest BCUT2D eigenvalue weighted by Gasteiger charge is -2.40. The number of methoxy groups -OCH3 is 1. The third kappa shape index (κ3) is 3.70. The molecule has 2 atom stereocenters. The van der Waals surface area contributed by atoms with Crippen LogP contribution in [0.5, 0.6) is 0 Å². The van der Waals surface area contributed by atoms with E-state index in [0.717, 1.165) is 37.6 Å². The van der Waals surface area contributed by atoms with Gasteiger partial charge in [-0.15, -0.1) is 0 Å². The van der Waals surface area contributed by atoms with Crippen LogP contribution in [0, 0.1) is 0 Å². The molecule has 6 rings (SSSR count). The van der Waals surface area contributed by atoms with Gasteiger partial charge < -0.3 is 19.0 Å². The summed E-state index contributed by atoms with van der Waals surface area (Å²) in [5, 5.41) is 2.38.